The first-order valence-electron chi connectivity index (χ1n) is 10.8. The van der Waals surface area contributed by atoms with Gasteiger partial charge < -0.3 is 9.51 Å². The van der Waals surface area contributed by atoms with E-state index in [9.17, 15) is 4.79 Å². The Morgan fingerprint density at radius 2 is 1.71 bits per heavy atom. The third kappa shape index (κ3) is 3.08. The Balaban J connectivity index is 1.61. The van der Waals surface area contributed by atoms with Gasteiger partial charge in [-0.1, -0.05) is 42.0 Å². The van der Waals surface area contributed by atoms with E-state index in [0.717, 1.165) is 26.2 Å². The molecule has 1 N–H and O–H groups in total. The van der Waals surface area contributed by atoms with E-state index in [2.05, 4.69) is 78.1 Å². The van der Waals surface area contributed by atoms with E-state index in [4.69, 9.17) is 10.4 Å². The second-order valence-electron chi connectivity index (χ2n) is 8.38. The fourth-order valence-corrected chi connectivity index (χ4v) is 5.65. The highest BCUT2D eigenvalue weighted by molar-refractivity contribution is 7.16. The SMILES string of the molecule is Cc1ccc2c(c1)cc1c3ccccc3c3cc(-c4ccc(/C=C(\C#N)C(=O)O)s4)ccc3n21. The summed E-state index contributed by atoms with van der Waals surface area (Å²) in [7, 11) is 0. The van der Waals surface area contributed by atoms with Crippen molar-refractivity contribution < 1.29 is 9.90 Å². The Labute approximate surface area is 199 Å². The van der Waals surface area contributed by atoms with Crippen LogP contribution >= 0.6 is 11.3 Å². The van der Waals surface area contributed by atoms with Crippen molar-refractivity contribution in [3.63, 3.8) is 0 Å². The molecular weight excluding hydrogens is 440 g/mol. The van der Waals surface area contributed by atoms with Crippen LogP contribution in [0.15, 0.2) is 84.4 Å². The van der Waals surface area contributed by atoms with E-state index < -0.39 is 5.97 Å². The fourth-order valence-electron chi connectivity index (χ4n) is 4.70. The molecule has 3 aromatic heterocycles. The summed E-state index contributed by atoms with van der Waals surface area (Å²) in [6.07, 6.45) is 1.42. The van der Waals surface area contributed by atoms with Crippen LogP contribution < -0.4 is 0 Å². The zero-order valence-electron chi connectivity index (χ0n) is 18.2. The average Bonchev–Trinajstić information content (AvgIpc) is 3.46. The molecule has 0 atom stereocenters. The second kappa shape index (κ2) is 7.58. The van der Waals surface area contributed by atoms with Crippen molar-refractivity contribution in [2.75, 3.05) is 0 Å². The van der Waals surface area contributed by atoms with Gasteiger partial charge in [-0.05, 0) is 66.4 Å². The number of hydrogen-bond donors (Lipinski definition) is 1. The molecule has 0 aliphatic heterocycles. The van der Waals surface area contributed by atoms with Crippen LogP contribution in [0.3, 0.4) is 0 Å². The van der Waals surface area contributed by atoms with Crippen LogP contribution in [0.2, 0.25) is 0 Å². The van der Waals surface area contributed by atoms with E-state index >= 15 is 0 Å². The molecule has 4 nitrogen and oxygen atoms in total. The number of aryl methyl sites for hydroxylation is 1. The number of aliphatic carboxylic acids is 1. The van der Waals surface area contributed by atoms with E-state index in [1.54, 1.807) is 6.07 Å². The number of carboxylic acid groups (broad SMARTS) is 1. The van der Waals surface area contributed by atoms with Crippen molar-refractivity contribution in [3.05, 3.63) is 94.9 Å². The van der Waals surface area contributed by atoms with E-state index in [0.29, 0.717) is 0 Å². The lowest BCUT2D eigenvalue weighted by atomic mass is 10.0. The van der Waals surface area contributed by atoms with Gasteiger partial charge in [-0.3, -0.25) is 0 Å². The largest absolute Gasteiger partial charge is 0.477 e. The van der Waals surface area contributed by atoms with Crippen molar-refractivity contribution in [1.82, 2.24) is 4.40 Å². The Morgan fingerprint density at radius 3 is 2.50 bits per heavy atom. The van der Waals surface area contributed by atoms with Gasteiger partial charge in [0.25, 0.3) is 0 Å². The smallest absolute Gasteiger partial charge is 0.346 e. The van der Waals surface area contributed by atoms with Gasteiger partial charge in [0.15, 0.2) is 0 Å². The van der Waals surface area contributed by atoms with Crippen molar-refractivity contribution in [1.29, 1.82) is 5.26 Å². The van der Waals surface area contributed by atoms with E-state index in [-0.39, 0.29) is 5.57 Å². The summed E-state index contributed by atoms with van der Waals surface area (Å²) in [5, 5.41) is 23.0. The molecule has 3 aromatic carbocycles. The normalized spacial score (nSPS) is 12.1. The van der Waals surface area contributed by atoms with Gasteiger partial charge in [0.2, 0.25) is 0 Å². The van der Waals surface area contributed by atoms with Gasteiger partial charge in [0.05, 0.1) is 16.6 Å². The molecule has 3 heterocycles. The molecule has 0 aliphatic rings. The summed E-state index contributed by atoms with van der Waals surface area (Å²) >= 11 is 1.47. The molecule has 5 heteroatoms. The number of hydrogen-bond acceptors (Lipinski definition) is 3. The monoisotopic (exact) mass is 458 g/mol. The zero-order valence-corrected chi connectivity index (χ0v) is 19.1. The van der Waals surface area contributed by atoms with E-state index in [1.165, 1.54) is 50.2 Å². The van der Waals surface area contributed by atoms with E-state index in [1.807, 2.05) is 12.1 Å². The number of thiophene rings is 1. The molecule has 34 heavy (non-hydrogen) atoms. The number of rotatable bonds is 3. The minimum atomic E-state index is -1.22. The van der Waals surface area contributed by atoms with Gasteiger partial charge in [-0.2, -0.15) is 5.26 Å². The van der Waals surface area contributed by atoms with Gasteiger partial charge >= 0.3 is 5.97 Å². The molecule has 0 saturated carbocycles. The molecule has 6 aromatic rings. The van der Waals surface area contributed by atoms with Crippen molar-refractivity contribution >= 4 is 61.5 Å². The predicted molar refractivity (Wildman–Crippen MR) is 139 cm³/mol. The predicted octanol–water partition coefficient (Wildman–Crippen LogP) is 7.43. The highest BCUT2D eigenvalue weighted by Crippen LogP contribution is 2.37. The maximum Gasteiger partial charge on any atom is 0.346 e. The highest BCUT2D eigenvalue weighted by atomic mass is 32.1. The van der Waals surface area contributed by atoms with Gasteiger partial charge in [-0.25, -0.2) is 4.79 Å². The molecule has 0 spiro atoms. The minimum Gasteiger partial charge on any atom is -0.477 e. The van der Waals surface area contributed by atoms with Crippen LogP contribution in [0.4, 0.5) is 0 Å². The zero-order chi connectivity index (χ0) is 23.4. The maximum absolute atomic E-state index is 11.2. The number of nitrogens with zero attached hydrogens (tertiary/aromatic N) is 2. The summed E-state index contributed by atoms with van der Waals surface area (Å²) < 4.78 is 2.34. The van der Waals surface area contributed by atoms with Gasteiger partial charge in [-0.15, -0.1) is 11.3 Å². The summed E-state index contributed by atoms with van der Waals surface area (Å²) in [5.41, 5.74) is 5.55. The number of aromatic nitrogens is 1. The molecule has 0 fully saturated rings. The van der Waals surface area contributed by atoms with Crippen LogP contribution in [0.5, 0.6) is 0 Å². The maximum atomic E-state index is 11.2. The van der Waals surface area contributed by atoms with Crippen LogP contribution in [-0.4, -0.2) is 15.5 Å². The molecule has 162 valence electrons. The number of carbonyl (C=O) groups is 1. The van der Waals surface area contributed by atoms with Crippen molar-refractivity contribution in [2.24, 2.45) is 0 Å². The summed E-state index contributed by atoms with van der Waals surface area (Å²) in [5.74, 6) is -1.22. The van der Waals surface area contributed by atoms with Gasteiger partial charge in [0, 0.05) is 25.9 Å². The number of fused-ring (bicyclic) bond motifs is 8. The lowest BCUT2D eigenvalue weighted by Gasteiger charge is -2.11. The molecule has 6 rings (SSSR count). The first-order chi connectivity index (χ1) is 16.5. The standard InChI is InChI=1S/C29H18N2O2S/c1-17-6-9-25-19(12-17)15-27-23-5-3-2-4-22(23)24-14-18(7-10-26(24)31(25)27)28-11-8-21(34-28)13-20(16-30)29(32)33/h2-15H,1H3,(H,32,33)/b20-13+. The number of nitriles is 1. The number of carboxylic acids is 1. The fraction of sp³-hybridized carbons (Fsp3) is 0.0345. The van der Waals surface area contributed by atoms with Crippen LogP contribution in [0, 0.1) is 18.3 Å². The van der Waals surface area contributed by atoms with Crippen LogP contribution in [-0.2, 0) is 4.79 Å². The topological polar surface area (TPSA) is 65.5 Å². The molecule has 0 unspecified atom stereocenters. The molecule has 0 amide bonds. The second-order valence-corrected chi connectivity index (χ2v) is 9.50. The molecule has 0 saturated heterocycles. The number of benzene rings is 3. The summed E-state index contributed by atoms with van der Waals surface area (Å²) in [6, 6.07) is 29.4. The lowest BCUT2D eigenvalue weighted by Crippen LogP contribution is -1.96. The highest BCUT2D eigenvalue weighted by Gasteiger charge is 2.14. The van der Waals surface area contributed by atoms with Crippen molar-refractivity contribution in [3.8, 4) is 16.5 Å². The summed E-state index contributed by atoms with van der Waals surface area (Å²) in [6.45, 7) is 2.12. The Kier molecular flexibility index (Phi) is 4.51. The first-order valence-corrected chi connectivity index (χ1v) is 11.7. The van der Waals surface area contributed by atoms with Gasteiger partial charge in [0.1, 0.15) is 11.6 Å². The summed E-state index contributed by atoms with van der Waals surface area (Å²) in [4.78, 5) is 12.9. The van der Waals surface area contributed by atoms with Crippen LogP contribution in [0.1, 0.15) is 10.4 Å². The molecule has 0 aliphatic carbocycles. The van der Waals surface area contributed by atoms with Crippen molar-refractivity contribution in [2.45, 2.75) is 6.92 Å². The Bertz CT molecular complexity index is 1860. The number of pyridine rings is 1. The third-order valence-corrected chi connectivity index (χ3v) is 7.32. The minimum absolute atomic E-state index is 0.268. The Hall–Kier alpha value is -4.40. The molecule has 0 bridgehead atoms. The van der Waals surface area contributed by atoms with Crippen LogP contribution in [0.25, 0.3) is 54.6 Å². The quantitative estimate of drug-likeness (QED) is 0.170. The molecular formula is C29H18N2O2S. The Morgan fingerprint density at radius 1 is 0.912 bits per heavy atom. The molecule has 0 radical (unpaired) electrons. The third-order valence-electron chi connectivity index (χ3n) is 6.24. The first kappa shape index (κ1) is 20.2. The average molecular weight is 459 g/mol. The lowest BCUT2D eigenvalue weighted by molar-refractivity contribution is -0.132.